The summed E-state index contributed by atoms with van der Waals surface area (Å²) in [4.78, 5) is 0. The van der Waals surface area contributed by atoms with Crippen molar-refractivity contribution < 1.29 is 0 Å². The molecule has 2 rings (SSSR count). The van der Waals surface area contributed by atoms with Crippen LogP contribution in [0.3, 0.4) is 0 Å². The number of rotatable bonds is 0. The Morgan fingerprint density at radius 2 is 2.44 bits per heavy atom. The number of fused-ring (bicyclic) bond motifs is 1. The summed E-state index contributed by atoms with van der Waals surface area (Å²) < 4.78 is 4.13. The van der Waals surface area contributed by atoms with E-state index in [1.807, 2.05) is 24.3 Å². The first-order chi connectivity index (χ1) is 4.47. The first-order valence-electron chi connectivity index (χ1n) is 2.68. The molecule has 2 aliphatic rings. The van der Waals surface area contributed by atoms with Gasteiger partial charge in [0.05, 0.1) is 11.1 Å². The van der Waals surface area contributed by atoms with E-state index in [4.69, 9.17) is 0 Å². The van der Waals surface area contributed by atoms with E-state index < -0.39 is 0 Å². The molecule has 0 aromatic rings. The molecule has 0 N–H and O–H groups in total. The summed E-state index contributed by atoms with van der Waals surface area (Å²) in [6.45, 7) is 0. The van der Waals surface area contributed by atoms with Crippen molar-refractivity contribution in [2.24, 2.45) is 0 Å². The maximum absolute atomic E-state index is 4.13. The van der Waals surface area contributed by atoms with Gasteiger partial charge in [-0.15, -0.1) is 0 Å². The summed E-state index contributed by atoms with van der Waals surface area (Å²) >= 11 is 1.36. The van der Waals surface area contributed by atoms with E-state index in [9.17, 15) is 0 Å². The lowest BCUT2D eigenvalue weighted by atomic mass is 10.3. The molecule has 0 spiro atoms. The van der Waals surface area contributed by atoms with Gasteiger partial charge in [-0.25, -0.2) is 0 Å². The molecule has 1 radical (unpaired) electrons. The predicted octanol–water partition coefficient (Wildman–Crippen LogP) is 2.05. The summed E-state index contributed by atoms with van der Waals surface area (Å²) in [5.41, 5.74) is 2.24. The maximum Gasteiger partial charge on any atom is 0.0832 e. The van der Waals surface area contributed by atoms with Crippen LogP contribution in [0.2, 0.25) is 0 Å². The summed E-state index contributed by atoms with van der Waals surface area (Å²) in [6, 6.07) is 7.98. The summed E-state index contributed by atoms with van der Waals surface area (Å²) in [5, 5.41) is 2.95. The van der Waals surface area contributed by atoms with Crippen molar-refractivity contribution in [2.75, 3.05) is 0 Å². The van der Waals surface area contributed by atoms with Gasteiger partial charge in [-0.3, -0.25) is 0 Å². The Hall–Kier alpha value is -0.890. The third-order valence-corrected chi connectivity index (χ3v) is 1.75. The summed E-state index contributed by atoms with van der Waals surface area (Å²) in [6.07, 6.45) is 0. The van der Waals surface area contributed by atoms with E-state index in [1.54, 1.807) is 0 Å². The zero-order valence-electron chi connectivity index (χ0n) is 4.66. The number of hydrogen-bond donors (Lipinski definition) is 0. The van der Waals surface area contributed by atoms with Crippen molar-refractivity contribution in [3.63, 3.8) is 0 Å². The molecule has 43 valence electrons. The van der Waals surface area contributed by atoms with Gasteiger partial charge in [-0.05, 0) is 23.7 Å². The van der Waals surface area contributed by atoms with Crippen LogP contribution in [0, 0.1) is 5.38 Å². The van der Waals surface area contributed by atoms with Crippen LogP contribution in [-0.4, -0.2) is 4.37 Å². The van der Waals surface area contributed by atoms with Crippen LogP contribution < -0.4 is 0 Å². The van der Waals surface area contributed by atoms with Crippen molar-refractivity contribution in [2.45, 2.75) is 0 Å². The van der Waals surface area contributed by atoms with Crippen LogP contribution in [0.25, 0.3) is 11.3 Å². The first kappa shape index (κ1) is 4.94. The molecule has 0 aromatic heterocycles. The van der Waals surface area contributed by atoms with Gasteiger partial charge in [0.15, 0.2) is 0 Å². The fourth-order valence-electron chi connectivity index (χ4n) is 0.795. The molecule has 9 heavy (non-hydrogen) atoms. The zero-order valence-corrected chi connectivity index (χ0v) is 5.48. The lowest BCUT2D eigenvalue weighted by Crippen LogP contribution is -1.71. The standard InChI is InChI=1S/C7H4NS/c1-2-6-4-5-9-8-7(6)3-1/h1-4H. The molecule has 1 aliphatic heterocycles. The lowest BCUT2D eigenvalue weighted by molar-refractivity contribution is 1.53. The van der Waals surface area contributed by atoms with Crippen molar-refractivity contribution in [1.82, 2.24) is 4.37 Å². The van der Waals surface area contributed by atoms with Crippen LogP contribution in [0.4, 0.5) is 0 Å². The Morgan fingerprint density at radius 1 is 1.44 bits per heavy atom. The van der Waals surface area contributed by atoms with Crippen molar-refractivity contribution in [1.29, 1.82) is 0 Å². The molecule has 1 nitrogen and oxygen atoms in total. The monoisotopic (exact) mass is 134 g/mol. The van der Waals surface area contributed by atoms with Gasteiger partial charge in [0.2, 0.25) is 0 Å². The van der Waals surface area contributed by atoms with Crippen LogP contribution in [0.15, 0.2) is 24.3 Å². The molecule has 0 saturated heterocycles. The van der Waals surface area contributed by atoms with E-state index in [0.29, 0.717) is 0 Å². The van der Waals surface area contributed by atoms with E-state index in [0.717, 1.165) is 5.69 Å². The van der Waals surface area contributed by atoms with Crippen molar-refractivity contribution >= 4 is 11.5 Å². The molecule has 0 saturated carbocycles. The smallest absolute Gasteiger partial charge is 0.0832 e. The van der Waals surface area contributed by atoms with E-state index in [2.05, 4.69) is 9.75 Å². The van der Waals surface area contributed by atoms with Gasteiger partial charge in [-0.2, -0.15) is 4.37 Å². The average molecular weight is 134 g/mol. The molecular formula is C7H4NS. The normalized spacial score (nSPS) is 10.2. The predicted molar refractivity (Wildman–Crippen MR) is 37.6 cm³/mol. The number of hydrogen-bond acceptors (Lipinski definition) is 2. The van der Waals surface area contributed by atoms with Crippen molar-refractivity contribution in [3.05, 3.63) is 29.6 Å². The highest BCUT2D eigenvalue weighted by molar-refractivity contribution is 7.03. The molecule has 0 atom stereocenters. The highest BCUT2D eigenvalue weighted by Crippen LogP contribution is 2.19. The molecule has 0 unspecified atom stereocenters. The molecule has 1 heterocycles. The fraction of sp³-hybridized carbons (Fsp3) is 0. The summed E-state index contributed by atoms with van der Waals surface area (Å²) in [7, 11) is 0. The van der Waals surface area contributed by atoms with Gasteiger partial charge in [0.25, 0.3) is 0 Å². The highest BCUT2D eigenvalue weighted by Gasteiger charge is 1.98. The molecule has 0 aromatic carbocycles. The van der Waals surface area contributed by atoms with E-state index in [-0.39, 0.29) is 0 Å². The quantitative estimate of drug-likeness (QED) is 0.537. The highest BCUT2D eigenvalue weighted by atomic mass is 32.1. The molecule has 2 heteroatoms. The molecule has 0 amide bonds. The molecule has 1 aliphatic carbocycles. The maximum atomic E-state index is 4.13. The number of nitrogens with zero attached hydrogens (tertiary/aromatic N) is 1. The molecule has 0 bridgehead atoms. The van der Waals surface area contributed by atoms with E-state index >= 15 is 0 Å². The second-order valence-electron chi connectivity index (χ2n) is 1.81. The van der Waals surface area contributed by atoms with Gasteiger partial charge < -0.3 is 0 Å². The average Bonchev–Trinajstić information content (AvgIpc) is 2.33. The number of aromatic nitrogens is 1. The Kier molecular flexibility index (Phi) is 0.993. The third-order valence-electron chi connectivity index (χ3n) is 1.24. The van der Waals surface area contributed by atoms with Gasteiger partial charge in [0.1, 0.15) is 0 Å². The Labute approximate surface area is 57.5 Å². The molecular weight excluding hydrogens is 130 g/mol. The lowest BCUT2D eigenvalue weighted by Gasteiger charge is -1.89. The van der Waals surface area contributed by atoms with Gasteiger partial charge in [-0.1, -0.05) is 12.1 Å². The Morgan fingerprint density at radius 3 is 3.33 bits per heavy atom. The minimum Gasteiger partial charge on any atom is -0.192 e. The third kappa shape index (κ3) is 0.715. The SMILES string of the molecule is [c]1cc2cccc-2ns1. The van der Waals surface area contributed by atoms with Crippen LogP contribution in [0.5, 0.6) is 0 Å². The minimum absolute atomic E-state index is 1.07. The molecule has 0 fully saturated rings. The minimum atomic E-state index is 1.07. The topological polar surface area (TPSA) is 12.9 Å². The Bertz CT molecular complexity index is 249. The fourth-order valence-corrected chi connectivity index (χ4v) is 1.29. The van der Waals surface area contributed by atoms with E-state index in [1.165, 1.54) is 17.1 Å². The van der Waals surface area contributed by atoms with Crippen LogP contribution in [0.1, 0.15) is 0 Å². The summed E-state index contributed by atoms with van der Waals surface area (Å²) in [5.74, 6) is 0. The largest absolute Gasteiger partial charge is 0.192 e. The van der Waals surface area contributed by atoms with Crippen LogP contribution >= 0.6 is 11.5 Å². The van der Waals surface area contributed by atoms with Crippen LogP contribution in [-0.2, 0) is 0 Å². The Balaban J connectivity index is 2.79. The first-order valence-corrected chi connectivity index (χ1v) is 3.46. The van der Waals surface area contributed by atoms with Gasteiger partial charge >= 0.3 is 0 Å². The zero-order chi connectivity index (χ0) is 6.10. The second kappa shape index (κ2) is 1.81. The van der Waals surface area contributed by atoms with Crippen molar-refractivity contribution in [3.8, 4) is 11.3 Å². The van der Waals surface area contributed by atoms with Gasteiger partial charge in [0, 0.05) is 5.56 Å². The second-order valence-corrected chi connectivity index (χ2v) is 2.41.